The molecule has 3 N–H and O–H groups in total. The molecule has 19 heteroatoms. The van der Waals surface area contributed by atoms with E-state index in [1.165, 1.54) is 225 Å². The van der Waals surface area contributed by atoms with Gasteiger partial charge in [0.1, 0.15) is 19.3 Å². The summed E-state index contributed by atoms with van der Waals surface area (Å²) in [6.07, 6.45) is 58.2. The number of phosphoric acid groups is 2. The van der Waals surface area contributed by atoms with Crippen molar-refractivity contribution in [3.63, 3.8) is 0 Å². The predicted molar refractivity (Wildman–Crippen MR) is 405 cm³/mol. The summed E-state index contributed by atoms with van der Waals surface area (Å²) in [4.78, 5) is 73.0. The number of phosphoric ester groups is 2. The van der Waals surface area contributed by atoms with Crippen molar-refractivity contribution in [1.29, 1.82) is 0 Å². The first-order chi connectivity index (χ1) is 47.7. The monoisotopic (exact) mass is 1450 g/mol. The minimum Gasteiger partial charge on any atom is -0.462 e. The van der Waals surface area contributed by atoms with Gasteiger partial charge >= 0.3 is 39.5 Å². The van der Waals surface area contributed by atoms with Gasteiger partial charge < -0.3 is 33.8 Å². The summed E-state index contributed by atoms with van der Waals surface area (Å²) >= 11 is 0. The van der Waals surface area contributed by atoms with E-state index in [9.17, 15) is 43.2 Å². The van der Waals surface area contributed by atoms with E-state index in [2.05, 4.69) is 48.5 Å². The lowest BCUT2D eigenvalue weighted by Gasteiger charge is -2.21. The lowest BCUT2D eigenvalue weighted by Crippen LogP contribution is -2.30. The molecule has 0 radical (unpaired) electrons. The lowest BCUT2D eigenvalue weighted by molar-refractivity contribution is -0.161. The van der Waals surface area contributed by atoms with Crippen LogP contribution < -0.4 is 0 Å². The van der Waals surface area contributed by atoms with Crippen molar-refractivity contribution in [1.82, 2.24) is 0 Å². The Morgan fingerprint density at radius 3 is 0.687 bits per heavy atom. The van der Waals surface area contributed by atoms with Crippen molar-refractivity contribution < 1.29 is 80.2 Å². The van der Waals surface area contributed by atoms with E-state index in [0.29, 0.717) is 25.7 Å². The van der Waals surface area contributed by atoms with E-state index in [-0.39, 0.29) is 25.7 Å². The second kappa shape index (κ2) is 70.4. The molecule has 0 aromatic heterocycles. The van der Waals surface area contributed by atoms with Crippen LogP contribution in [0.25, 0.3) is 0 Å². The average molecular weight is 1450 g/mol. The largest absolute Gasteiger partial charge is 0.472 e. The number of ether oxygens (including phenoxy) is 4. The Labute approximate surface area is 607 Å². The van der Waals surface area contributed by atoms with Crippen LogP contribution in [-0.4, -0.2) is 96.7 Å². The number of esters is 4. The molecule has 5 atom stereocenters. The number of hydrogen-bond donors (Lipinski definition) is 3. The van der Waals surface area contributed by atoms with Gasteiger partial charge in [0.25, 0.3) is 0 Å². The Hall–Kier alpha value is -1.94. The zero-order valence-electron chi connectivity index (χ0n) is 65.0. The van der Waals surface area contributed by atoms with Crippen molar-refractivity contribution in [2.45, 2.75) is 433 Å². The molecular formula is C80H156O17P2. The molecule has 0 fully saturated rings. The molecule has 0 heterocycles. The Morgan fingerprint density at radius 1 is 0.273 bits per heavy atom. The van der Waals surface area contributed by atoms with Crippen LogP contribution in [0.4, 0.5) is 0 Å². The fourth-order valence-electron chi connectivity index (χ4n) is 12.3. The van der Waals surface area contributed by atoms with Crippen LogP contribution in [0.15, 0.2) is 0 Å². The van der Waals surface area contributed by atoms with Crippen molar-refractivity contribution in [3.05, 3.63) is 0 Å². The van der Waals surface area contributed by atoms with Crippen LogP contribution in [0.2, 0.25) is 0 Å². The Bertz CT molecular complexity index is 1920. The zero-order chi connectivity index (χ0) is 73.0. The summed E-state index contributed by atoms with van der Waals surface area (Å²) in [7, 11) is -9.92. The second-order valence-electron chi connectivity index (χ2n) is 30.2. The van der Waals surface area contributed by atoms with Gasteiger partial charge in [0, 0.05) is 25.7 Å². The molecular weight excluding hydrogens is 1290 g/mol. The molecule has 17 nitrogen and oxygen atoms in total. The molecule has 0 aliphatic heterocycles. The summed E-state index contributed by atoms with van der Waals surface area (Å²) in [5.41, 5.74) is 0. The predicted octanol–water partition coefficient (Wildman–Crippen LogP) is 23.7. The maximum Gasteiger partial charge on any atom is 0.472 e. The first-order valence-electron chi connectivity index (χ1n) is 41.3. The van der Waals surface area contributed by atoms with E-state index < -0.39 is 97.5 Å². The van der Waals surface area contributed by atoms with Crippen molar-refractivity contribution in [2.24, 2.45) is 17.8 Å². The van der Waals surface area contributed by atoms with Crippen LogP contribution in [0.3, 0.4) is 0 Å². The van der Waals surface area contributed by atoms with Crippen molar-refractivity contribution in [2.75, 3.05) is 39.6 Å². The minimum absolute atomic E-state index is 0.106. The van der Waals surface area contributed by atoms with Gasteiger partial charge in [0.2, 0.25) is 0 Å². The highest BCUT2D eigenvalue weighted by molar-refractivity contribution is 7.47. The maximum atomic E-state index is 13.1. The highest BCUT2D eigenvalue weighted by Crippen LogP contribution is 2.45. The van der Waals surface area contributed by atoms with Crippen LogP contribution >= 0.6 is 15.6 Å². The summed E-state index contributed by atoms with van der Waals surface area (Å²) in [6.45, 7) is 11.9. The van der Waals surface area contributed by atoms with E-state index in [1.54, 1.807) is 0 Å². The molecule has 0 aliphatic carbocycles. The SMILES string of the molecule is CCCCCCCCCCCCCCCCCCCC(=O)OC[C@H](COP(=O)(O)OC[C@@H](O)COP(=O)(O)OC[C@@H](COC(=O)CCCCCCCCCCCC(C)C)OC(=O)CCCCCCCCCCCCC(C)C)OC(=O)CCCCCCCCCCCCCCCCC(C)C. The Kier molecular flexibility index (Phi) is 69.0. The van der Waals surface area contributed by atoms with Crippen LogP contribution in [0.1, 0.15) is 414 Å². The molecule has 0 spiro atoms. The number of carbonyl (C=O) groups excluding carboxylic acids is 4. The van der Waals surface area contributed by atoms with Gasteiger partial charge in [-0.05, 0) is 43.4 Å². The molecule has 0 aromatic carbocycles. The summed E-state index contributed by atoms with van der Waals surface area (Å²) in [5.74, 6) is 0.179. The van der Waals surface area contributed by atoms with Gasteiger partial charge in [-0.3, -0.25) is 37.3 Å². The van der Waals surface area contributed by atoms with E-state index in [4.69, 9.17) is 37.0 Å². The lowest BCUT2D eigenvalue weighted by atomic mass is 10.0. The fourth-order valence-corrected chi connectivity index (χ4v) is 13.9. The van der Waals surface area contributed by atoms with Gasteiger partial charge in [0.05, 0.1) is 26.4 Å². The molecule has 0 aliphatic rings. The first kappa shape index (κ1) is 97.1. The number of rotatable bonds is 78. The standard InChI is InChI=1S/C80H156O17P2/c1-8-9-10-11-12-13-14-15-16-17-18-22-25-33-40-47-54-61-77(82)90-67-75(96-79(84)63-56-49-42-34-26-23-20-19-21-24-30-37-44-51-58-71(2)3)69-94-98(86,87)92-65-74(81)66-93-99(88,89)95-70-76(68-91-78(83)62-55-48-41-36-29-32-39-46-53-60-73(6)7)97-80(85)64-57-50-43-35-28-27-31-38-45-52-59-72(4)5/h71-76,81H,8-70H2,1-7H3,(H,86,87)(H,88,89)/t74-,75-,76-/m1/s1. The molecule has 0 saturated heterocycles. The number of aliphatic hydroxyl groups excluding tert-OH is 1. The molecule has 0 bridgehead atoms. The third-order valence-corrected chi connectivity index (χ3v) is 20.5. The van der Waals surface area contributed by atoms with Gasteiger partial charge in [0.15, 0.2) is 12.2 Å². The topological polar surface area (TPSA) is 237 Å². The summed E-state index contributed by atoms with van der Waals surface area (Å²) in [5, 5.41) is 10.6. The third-order valence-electron chi connectivity index (χ3n) is 18.6. The van der Waals surface area contributed by atoms with Crippen LogP contribution in [0, 0.1) is 17.8 Å². The van der Waals surface area contributed by atoms with E-state index in [0.717, 1.165) is 108 Å². The molecule has 0 saturated carbocycles. The Balaban J connectivity index is 5.26. The molecule has 99 heavy (non-hydrogen) atoms. The molecule has 0 aromatic rings. The highest BCUT2D eigenvalue weighted by Gasteiger charge is 2.30. The van der Waals surface area contributed by atoms with Crippen LogP contribution in [0.5, 0.6) is 0 Å². The van der Waals surface area contributed by atoms with Gasteiger partial charge in [-0.25, -0.2) is 9.13 Å². The van der Waals surface area contributed by atoms with E-state index in [1.807, 2.05) is 0 Å². The summed E-state index contributed by atoms with van der Waals surface area (Å²) in [6, 6.07) is 0. The number of unbranched alkanes of at least 4 members (excludes halogenated alkanes) is 46. The minimum atomic E-state index is -4.96. The zero-order valence-corrected chi connectivity index (χ0v) is 66.8. The second-order valence-corrected chi connectivity index (χ2v) is 33.1. The fraction of sp³-hybridized carbons (Fsp3) is 0.950. The summed E-state index contributed by atoms with van der Waals surface area (Å²) < 4.78 is 68.7. The average Bonchev–Trinajstić information content (AvgIpc) is 1.18. The Morgan fingerprint density at radius 2 is 0.465 bits per heavy atom. The molecule has 588 valence electrons. The van der Waals surface area contributed by atoms with Gasteiger partial charge in [-0.1, -0.05) is 363 Å². The number of carbonyl (C=O) groups is 4. The quantitative estimate of drug-likeness (QED) is 0.0222. The smallest absolute Gasteiger partial charge is 0.462 e. The van der Waals surface area contributed by atoms with Crippen molar-refractivity contribution >= 4 is 39.5 Å². The van der Waals surface area contributed by atoms with Gasteiger partial charge in [-0.2, -0.15) is 0 Å². The first-order valence-corrected chi connectivity index (χ1v) is 44.3. The normalized spacial score (nSPS) is 14.0. The number of hydrogen-bond acceptors (Lipinski definition) is 15. The molecule has 2 unspecified atom stereocenters. The highest BCUT2D eigenvalue weighted by atomic mass is 31.2. The van der Waals surface area contributed by atoms with Crippen LogP contribution in [-0.2, 0) is 65.4 Å². The maximum absolute atomic E-state index is 13.1. The van der Waals surface area contributed by atoms with Gasteiger partial charge in [-0.15, -0.1) is 0 Å². The third kappa shape index (κ3) is 74.1. The number of aliphatic hydroxyl groups is 1. The molecule has 0 rings (SSSR count). The van der Waals surface area contributed by atoms with E-state index >= 15 is 0 Å². The van der Waals surface area contributed by atoms with Crippen molar-refractivity contribution in [3.8, 4) is 0 Å². The molecule has 0 amide bonds.